The van der Waals surface area contributed by atoms with Gasteiger partial charge in [-0.3, -0.25) is 0 Å². The Morgan fingerprint density at radius 3 is 2.58 bits per heavy atom. The van der Waals surface area contributed by atoms with Crippen molar-refractivity contribution in [2.75, 3.05) is 11.9 Å². The molecule has 1 aromatic carbocycles. The molecule has 0 amide bonds. The van der Waals surface area contributed by atoms with E-state index < -0.39 is 0 Å². The summed E-state index contributed by atoms with van der Waals surface area (Å²) in [6.07, 6.45) is 8.77. The Kier molecular flexibility index (Phi) is 5.64. The van der Waals surface area contributed by atoms with Gasteiger partial charge in [0.15, 0.2) is 5.96 Å². The summed E-state index contributed by atoms with van der Waals surface area (Å²) in [5.74, 6) is 1.87. The van der Waals surface area contributed by atoms with E-state index in [0.29, 0.717) is 18.0 Å². The molecule has 2 fully saturated rings. The van der Waals surface area contributed by atoms with Crippen molar-refractivity contribution in [1.29, 1.82) is 0 Å². The molecule has 4 nitrogen and oxygen atoms in total. The van der Waals surface area contributed by atoms with Gasteiger partial charge in [0, 0.05) is 12.6 Å². The van der Waals surface area contributed by atoms with Gasteiger partial charge in [0.2, 0.25) is 0 Å². The van der Waals surface area contributed by atoms with Crippen LogP contribution in [0.3, 0.4) is 0 Å². The predicted molar refractivity (Wildman–Crippen MR) is 101 cm³/mol. The molecule has 132 valence electrons. The van der Waals surface area contributed by atoms with Gasteiger partial charge in [-0.1, -0.05) is 31.9 Å². The Hall–Kier alpha value is -1.71. The molecule has 1 aliphatic heterocycles. The summed E-state index contributed by atoms with van der Waals surface area (Å²) in [5.41, 5.74) is 0.748. The van der Waals surface area contributed by atoms with Crippen LogP contribution in [-0.2, 0) is 0 Å². The Morgan fingerprint density at radius 2 is 1.83 bits per heavy atom. The molecule has 0 radical (unpaired) electrons. The van der Waals surface area contributed by atoms with Gasteiger partial charge in [-0.2, -0.15) is 0 Å². The molecule has 3 atom stereocenters. The number of aliphatic imine (C=N–C) groups is 1. The molecular formula is C20H31N3O. The van der Waals surface area contributed by atoms with Crippen LogP contribution in [0.5, 0.6) is 5.75 Å². The summed E-state index contributed by atoms with van der Waals surface area (Å²) in [5, 5.41) is 13.6. The van der Waals surface area contributed by atoms with Crippen LogP contribution >= 0.6 is 0 Å². The molecule has 1 saturated heterocycles. The molecule has 2 N–H and O–H groups in total. The zero-order chi connectivity index (χ0) is 16.9. The van der Waals surface area contributed by atoms with E-state index in [1.165, 1.54) is 44.9 Å². The molecule has 4 heteroatoms. The first-order valence-corrected chi connectivity index (χ1v) is 9.54. The van der Waals surface area contributed by atoms with Crippen molar-refractivity contribution in [3.63, 3.8) is 0 Å². The van der Waals surface area contributed by atoms with Gasteiger partial charge in [-0.15, -0.1) is 0 Å². The van der Waals surface area contributed by atoms with Crippen molar-refractivity contribution >= 4 is 11.6 Å². The average Bonchev–Trinajstić information content (AvgIpc) is 2.58. The number of likely N-dealkylation sites (tertiary alicyclic amines) is 1. The molecule has 1 aromatic rings. The van der Waals surface area contributed by atoms with E-state index in [4.69, 9.17) is 4.99 Å². The van der Waals surface area contributed by atoms with Crippen LogP contribution in [0, 0.1) is 5.92 Å². The third kappa shape index (κ3) is 4.03. The van der Waals surface area contributed by atoms with Crippen LogP contribution < -0.4 is 5.32 Å². The summed E-state index contributed by atoms with van der Waals surface area (Å²) in [6, 6.07) is 8.33. The van der Waals surface area contributed by atoms with Crippen LogP contribution in [0.25, 0.3) is 0 Å². The van der Waals surface area contributed by atoms with Crippen LogP contribution in [-0.4, -0.2) is 34.6 Å². The Bertz CT molecular complexity index is 572. The van der Waals surface area contributed by atoms with Gasteiger partial charge in [-0.25, -0.2) is 4.99 Å². The lowest BCUT2D eigenvalue weighted by atomic mass is 9.86. The zero-order valence-electron chi connectivity index (χ0n) is 15.0. The summed E-state index contributed by atoms with van der Waals surface area (Å²) in [7, 11) is 0. The lowest BCUT2D eigenvalue weighted by Crippen LogP contribution is -2.46. The van der Waals surface area contributed by atoms with Crippen LogP contribution in [0.15, 0.2) is 29.3 Å². The summed E-state index contributed by atoms with van der Waals surface area (Å²) in [4.78, 5) is 7.55. The van der Waals surface area contributed by atoms with Crippen molar-refractivity contribution < 1.29 is 5.11 Å². The average molecular weight is 329 g/mol. The minimum Gasteiger partial charge on any atom is -0.506 e. The topological polar surface area (TPSA) is 47.9 Å². The van der Waals surface area contributed by atoms with E-state index in [1.807, 2.05) is 18.2 Å². The highest BCUT2D eigenvalue weighted by Crippen LogP contribution is 2.29. The van der Waals surface area contributed by atoms with E-state index in [-0.39, 0.29) is 5.75 Å². The molecule has 1 aliphatic carbocycles. The molecule has 2 aliphatic rings. The van der Waals surface area contributed by atoms with Crippen molar-refractivity contribution in [3.05, 3.63) is 24.3 Å². The van der Waals surface area contributed by atoms with Crippen LogP contribution in [0.1, 0.15) is 58.8 Å². The Balaban J connectivity index is 1.86. The molecule has 0 aromatic heterocycles. The number of piperidine rings is 1. The molecular weight excluding hydrogens is 298 g/mol. The highest BCUT2D eigenvalue weighted by Gasteiger charge is 2.26. The van der Waals surface area contributed by atoms with Crippen LogP contribution in [0.2, 0.25) is 0 Å². The van der Waals surface area contributed by atoms with Gasteiger partial charge in [-0.05, 0) is 57.1 Å². The fourth-order valence-electron chi connectivity index (χ4n) is 3.94. The maximum atomic E-state index is 10.1. The predicted octanol–water partition coefficient (Wildman–Crippen LogP) is 4.61. The first-order valence-electron chi connectivity index (χ1n) is 9.54. The maximum Gasteiger partial charge on any atom is 0.199 e. The number of rotatable bonds is 2. The maximum absolute atomic E-state index is 10.1. The fraction of sp³-hybridized carbons (Fsp3) is 0.650. The number of hydrogen-bond acceptors (Lipinski definition) is 2. The summed E-state index contributed by atoms with van der Waals surface area (Å²) >= 11 is 0. The van der Waals surface area contributed by atoms with Crippen molar-refractivity contribution in [2.45, 2.75) is 70.9 Å². The first-order chi connectivity index (χ1) is 11.6. The van der Waals surface area contributed by atoms with Crippen LogP contribution in [0.4, 0.5) is 5.69 Å². The number of phenolic OH excluding ortho intramolecular Hbond substituents is 1. The highest BCUT2D eigenvalue weighted by atomic mass is 16.3. The molecule has 3 unspecified atom stereocenters. The quantitative estimate of drug-likeness (QED) is 0.473. The highest BCUT2D eigenvalue weighted by molar-refractivity contribution is 5.95. The van der Waals surface area contributed by atoms with Crippen molar-refractivity contribution in [3.8, 4) is 5.75 Å². The number of hydrogen-bond donors (Lipinski definition) is 2. The Morgan fingerprint density at radius 1 is 1.08 bits per heavy atom. The van der Waals surface area contributed by atoms with Gasteiger partial charge < -0.3 is 15.3 Å². The monoisotopic (exact) mass is 329 g/mol. The van der Waals surface area contributed by atoms with E-state index in [1.54, 1.807) is 6.07 Å². The van der Waals surface area contributed by atoms with Gasteiger partial charge in [0.25, 0.3) is 0 Å². The standard InChI is InChI=1S/C20H31N3O/c1-15-9-3-4-11-17(15)21-20(23-14-8-7-10-16(23)2)22-18-12-5-6-13-19(18)24/h5-6,12-13,15-17,24H,3-4,7-11,14H2,1-2H3,(H,21,22). The zero-order valence-corrected chi connectivity index (χ0v) is 15.0. The fourth-order valence-corrected chi connectivity index (χ4v) is 3.94. The smallest absolute Gasteiger partial charge is 0.199 e. The van der Waals surface area contributed by atoms with E-state index in [9.17, 15) is 5.11 Å². The van der Waals surface area contributed by atoms with Gasteiger partial charge in [0.05, 0.1) is 11.7 Å². The lowest BCUT2D eigenvalue weighted by molar-refractivity contribution is 0.252. The van der Waals surface area contributed by atoms with Gasteiger partial charge in [0.1, 0.15) is 5.75 Å². The number of phenols is 1. The molecule has 24 heavy (non-hydrogen) atoms. The number of aromatic hydroxyl groups is 1. The minimum atomic E-state index is 0.284. The third-order valence-corrected chi connectivity index (χ3v) is 5.58. The second kappa shape index (κ2) is 7.91. The second-order valence-electron chi connectivity index (χ2n) is 7.46. The SMILES string of the molecule is CC1CCCCC1N=C(Nc1ccccc1O)N1CCCCC1C. The number of benzene rings is 1. The Labute approximate surface area is 146 Å². The normalized spacial score (nSPS) is 28.7. The van der Waals surface area contributed by atoms with Crippen molar-refractivity contribution in [1.82, 2.24) is 4.90 Å². The number of para-hydroxylation sites is 2. The molecule has 1 saturated carbocycles. The molecule has 1 heterocycles. The van der Waals surface area contributed by atoms with E-state index >= 15 is 0 Å². The van der Waals surface area contributed by atoms with E-state index in [0.717, 1.165) is 18.2 Å². The molecule has 3 rings (SSSR count). The summed E-state index contributed by atoms with van der Waals surface area (Å²) in [6.45, 7) is 5.65. The first kappa shape index (κ1) is 17.1. The van der Waals surface area contributed by atoms with Gasteiger partial charge >= 0.3 is 0 Å². The largest absolute Gasteiger partial charge is 0.506 e. The molecule has 0 spiro atoms. The minimum absolute atomic E-state index is 0.284. The number of nitrogens with zero attached hydrogens (tertiary/aromatic N) is 2. The van der Waals surface area contributed by atoms with Crippen molar-refractivity contribution in [2.24, 2.45) is 10.9 Å². The second-order valence-corrected chi connectivity index (χ2v) is 7.46. The summed E-state index contributed by atoms with van der Waals surface area (Å²) < 4.78 is 0. The third-order valence-electron chi connectivity index (χ3n) is 5.58. The van der Waals surface area contributed by atoms with E-state index in [2.05, 4.69) is 24.1 Å². The lowest BCUT2D eigenvalue weighted by Gasteiger charge is -2.37. The number of anilines is 1. The molecule has 0 bridgehead atoms. The number of guanidine groups is 1. The number of nitrogens with one attached hydrogen (secondary N) is 1.